The van der Waals surface area contributed by atoms with Gasteiger partial charge in [0.05, 0.1) is 43.1 Å². The second kappa shape index (κ2) is 9.20. The Bertz CT molecular complexity index is 1210. The molecular formula is C24H23Cl2N3O5. The maximum absolute atomic E-state index is 13.1. The molecule has 1 N–H and O–H groups in total. The molecular weight excluding hydrogens is 481 g/mol. The van der Waals surface area contributed by atoms with Gasteiger partial charge in [-0.3, -0.25) is 9.69 Å². The number of nitrogens with zero attached hydrogens (tertiary/aromatic N) is 3. The maximum atomic E-state index is 13.1. The zero-order valence-electron chi connectivity index (χ0n) is 18.4. The quantitative estimate of drug-likeness (QED) is 0.580. The first-order chi connectivity index (χ1) is 16.4. The van der Waals surface area contributed by atoms with E-state index in [-0.39, 0.29) is 25.1 Å². The van der Waals surface area contributed by atoms with Crippen molar-refractivity contribution in [2.75, 3.05) is 39.9 Å². The Hall–Kier alpha value is -2.62. The van der Waals surface area contributed by atoms with Crippen LogP contribution < -0.4 is 4.74 Å². The van der Waals surface area contributed by atoms with Gasteiger partial charge < -0.3 is 23.9 Å². The Morgan fingerprint density at radius 2 is 2.12 bits per heavy atom. The number of halogens is 2. The van der Waals surface area contributed by atoms with Crippen molar-refractivity contribution >= 4 is 29.1 Å². The van der Waals surface area contributed by atoms with Crippen molar-refractivity contribution in [2.24, 2.45) is 0 Å². The third kappa shape index (κ3) is 4.28. The molecule has 0 aliphatic carbocycles. The SMILES string of the molecule is COc1cccc(C(=O)N2CCN3CC(O)(c4cc(Cl)cc(-c5cnco5)c4)OC[C@@H]3C2)c1Cl. The lowest BCUT2D eigenvalue weighted by atomic mass is 9.98. The van der Waals surface area contributed by atoms with Crippen LogP contribution in [0.15, 0.2) is 53.4 Å². The fourth-order valence-corrected chi connectivity index (χ4v) is 5.01. The molecule has 10 heteroatoms. The number of piperazine rings is 1. The monoisotopic (exact) mass is 503 g/mol. The van der Waals surface area contributed by atoms with Gasteiger partial charge in [-0.05, 0) is 30.3 Å². The van der Waals surface area contributed by atoms with Crippen molar-refractivity contribution in [3.05, 3.63) is 70.2 Å². The molecule has 2 fully saturated rings. The number of ether oxygens (including phenoxy) is 2. The average molecular weight is 504 g/mol. The van der Waals surface area contributed by atoms with Crippen LogP contribution in [0.25, 0.3) is 11.3 Å². The molecule has 0 bridgehead atoms. The summed E-state index contributed by atoms with van der Waals surface area (Å²) in [5.74, 6) is -0.693. The third-order valence-corrected chi connectivity index (χ3v) is 6.91. The van der Waals surface area contributed by atoms with E-state index in [1.54, 1.807) is 47.5 Å². The van der Waals surface area contributed by atoms with Crippen LogP contribution in [0.2, 0.25) is 10.0 Å². The van der Waals surface area contributed by atoms with Crippen LogP contribution >= 0.6 is 23.2 Å². The molecule has 0 radical (unpaired) electrons. The number of benzene rings is 2. The van der Waals surface area contributed by atoms with Gasteiger partial charge in [-0.25, -0.2) is 4.98 Å². The third-order valence-electron chi connectivity index (χ3n) is 6.30. The van der Waals surface area contributed by atoms with Crippen molar-refractivity contribution in [3.8, 4) is 17.1 Å². The van der Waals surface area contributed by atoms with E-state index in [9.17, 15) is 9.90 Å². The van der Waals surface area contributed by atoms with Gasteiger partial charge in [0.15, 0.2) is 12.2 Å². The normalized spacial score (nSPS) is 22.9. The van der Waals surface area contributed by atoms with E-state index >= 15 is 0 Å². The second-order valence-corrected chi connectivity index (χ2v) is 9.20. The minimum absolute atomic E-state index is 0.0599. The van der Waals surface area contributed by atoms with Crippen molar-refractivity contribution in [2.45, 2.75) is 11.8 Å². The molecule has 178 valence electrons. The number of carbonyl (C=O) groups excluding carboxylic acids is 1. The average Bonchev–Trinajstić information content (AvgIpc) is 3.38. The summed E-state index contributed by atoms with van der Waals surface area (Å²) >= 11 is 12.7. The van der Waals surface area contributed by atoms with Crippen LogP contribution in [0.4, 0.5) is 0 Å². The topological polar surface area (TPSA) is 88.3 Å². The summed E-state index contributed by atoms with van der Waals surface area (Å²) in [6, 6.07) is 10.3. The largest absolute Gasteiger partial charge is 0.495 e. The second-order valence-electron chi connectivity index (χ2n) is 8.39. The first kappa shape index (κ1) is 23.1. The molecule has 8 nitrogen and oxygen atoms in total. The van der Waals surface area contributed by atoms with E-state index in [0.29, 0.717) is 57.9 Å². The summed E-state index contributed by atoms with van der Waals surface area (Å²) in [5.41, 5.74) is 1.64. The number of amides is 1. The number of hydrogen-bond donors (Lipinski definition) is 1. The first-order valence-electron chi connectivity index (χ1n) is 10.8. The molecule has 1 amide bonds. The molecule has 3 aromatic rings. The van der Waals surface area contributed by atoms with Crippen LogP contribution in [0.1, 0.15) is 15.9 Å². The number of morpholine rings is 1. The van der Waals surface area contributed by atoms with Gasteiger partial charge in [0, 0.05) is 35.8 Å². The van der Waals surface area contributed by atoms with Crippen molar-refractivity contribution < 1.29 is 23.8 Å². The molecule has 2 aliphatic heterocycles. The highest BCUT2D eigenvalue weighted by atomic mass is 35.5. The zero-order valence-corrected chi connectivity index (χ0v) is 19.9. The molecule has 0 saturated carbocycles. The summed E-state index contributed by atoms with van der Waals surface area (Å²) < 4.78 is 16.6. The van der Waals surface area contributed by atoms with Crippen LogP contribution in [-0.4, -0.2) is 71.7 Å². The fourth-order valence-electron chi connectivity index (χ4n) is 4.49. The molecule has 0 spiro atoms. The number of carbonyl (C=O) groups is 1. The van der Waals surface area contributed by atoms with Crippen LogP contribution in [0.5, 0.6) is 5.75 Å². The Balaban J connectivity index is 1.32. The standard InChI is InChI=1S/C24H23Cl2N3O5/c1-32-20-4-2-3-19(22(20)26)23(30)28-5-6-29-13-24(31,34-12-18(29)11-28)16-7-15(8-17(25)9-16)21-10-27-14-33-21/h2-4,7-10,14,18,31H,5-6,11-13H2,1H3/t18-,24?/m0/s1. The number of aromatic nitrogens is 1. The van der Waals surface area contributed by atoms with Crippen LogP contribution in [0, 0.1) is 0 Å². The molecule has 3 heterocycles. The van der Waals surface area contributed by atoms with Crippen molar-refractivity contribution in [3.63, 3.8) is 0 Å². The highest BCUT2D eigenvalue weighted by Crippen LogP contribution is 2.36. The summed E-state index contributed by atoms with van der Waals surface area (Å²) in [6.45, 7) is 2.03. The van der Waals surface area contributed by atoms with Crippen molar-refractivity contribution in [1.82, 2.24) is 14.8 Å². The Labute approximate surface area is 206 Å². The van der Waals surface area contributed by atoms with Gasteiger partial charge in [0.2, 0.25) is 5.79 Å². The summed E-state index contributed by atoms with van der Waals surface area (Å²) in [4.78, 5) is 21.0. The van der Waals surface area contributed by atoms with E-state index < -0.39 is 5.79 Å². The predicted molar refractivity (Wildman–Crippen MR) is 126 cm³/mol. The van der Waals surface area contributed by atoms with E-state index in [4.69, 9.17) is 37.1 Å². The van der Waals surface area contributed by atoms with E-state index in [2.05, 4.69) is 9.88 Å². The molecule has 2 aliphatic rings. The molecule has 2 aromatic carbocycles. The predicted octanol–water partition coefficient (Wildman–Crippen LogP) is 3.66. The summed E-state index contributed by atoms with van der Waals surface area (Å²) in [6.07, 6.45) is 2.92. The molecule has 34 heavy (non-hydrogen) atoms. The Morgan fingerprint density at radius 3 is 2.88 bits per heavy atom. The highest BCUT2D eigenvalue weighted by molar-refractivity contribution is 6.35. The Kier molecular flexibility index (Phi) is 6.26. The lowest BCUT2D eigenvalue weighted by molar-refractivity contribution is -0.265. The van der Waals surface area contributed by atoms with Gasteiger partial charge in [-0.1, -0.05) is 29.3 Å². The van der Waals surface area contributed by atoms with Gasteiger partial charge >= 0.3 is 0 Å². The number of rotatable bonds is 4. The first-order valence-corrected chi connectivity index (χ1v) is 11.6. The highest BCUT2D eigenvalue weighted by Gasteiger charge is 2.43. The van der Waals surface area contributed by atoms with E-state index in [1.165, 1.54) is 13.5 Å². The van der Waals surface area contributed by atoms with Gasteiger partial charge in [0.1, 0.15) is 5.75 Å². The summed E-state index contributed by atoms with van der Waals surface area (Å²) in [5, 5.41) is 12.1. The minimum Gasteiger partial charge on any atom is -0.495 e. The molecule has 2 saturated heterocycles. The van der Waals surface area contributed by atoms with E-state index in [1.807, 2.05) is 0 Å². The van der Waals surface area contributed by atoms with Gasteiger partial charge in [-0.15, -0.1) is 0 Å². The minimum atomic E-state index is -1.54. The number of hydrogen-bond acceptors (Lipinski definition) is 7. The van der Waals surface area contributed by atoms with Gasteiger partial charge in [-0.2, -0.15) is 0 Å². The number of aliphatic hydroxyl groups is 1. The lowest BCUT2D eigenvalue weighted by Gasteiger charge is -2.49. The smallest absolute Gasteiger partial charge is 0.255 e. The Morgan fingerprint density at radius 1 is 1.26 bits per heavy atom. The molecule has 5 rings (SSSR count). The zero-order chi connectivity index (χ0) is 23.9. The maximum Gasteiger partial charge on any atom is 0.255 e. The summed E-state index contributed by atoms with van der Waals surface area (Å²) in [7, 11) is 1.52. The molecule has 1 unspecified atom stereocenters. The molecule has 1 aromatic heterocycles. The lowest BCUT2D eigenvalue weighted by Crippen LogP contribution is -2.63. The molecule has 2 atom stereocenters. The van der Waals surface area contributed by atoms with Gasteiger partial charge in [0.25, 0.3) is 5.91 Å². The van der Waals surface area contributed by atoms with Crippen LogP contribution in [-0.2, 0) is 10.5 Å². The van der Waals surface area contributed by atoms with Crippen LogP contribution in [0.3, 0.4) is 0 Å². The number of fused-ring (bicyclic) bond motifs is 1. The van der Waals surface area contributed by atoms with Crippen molar-refractivity contribution in [1.29, 1.82) is 0 Å². The van der Waals surface area contributed by atoms with E-state index in [0.717, 1.165) is 0 Å². The fraction of sp³-hybridized carbons (Fsp3) is 0.333. The number of oxazole rings is 1. The number of methoxy groups -OCH3 is 1.